The Hall–Kier alpha value is -2.69. The number of nitrogens with zero attached hydrogens (tertiary/aromatic N) is 1. The molecule has 0 atom stereocenters. The second-order valence-electron chi connectivity index (χ2n) is 5.57. The van der Waals surface area contributed by atoms with Crippen LogP contribution >= 0.6 is 0 Å². The van der Waals surface area contributed by atoms with Crippen molar-refractivity contribution >= 4 is 11.5 Å². The fourth-order valence-electron chi connectivity index (χ4n) is 2.66. The van der Waals surface area contributed by atoms with Crippen molar-refractivity contribution in [1.29, 1.82) is 0 Å². The summed E-state index contributed by atoms with van der Waals surface area (Å²) in [5.74, 6) is -0.0776. The molecule has 0 aliphatic rings. The number of nitro benzene ring substituents is 1. The van der Waals surface area contributed by atoms with E-state index in [1.807, 2.05) is 33.8 Å². The Kier molecular flexibility index (Phi) is 4.79. The number of rotatable bonds is 5. The van der Waals surface area contributed by atoms with E-state index >= 15 is 0 Å². The highest BCUT2D eigenvalue weighted by molar-refractivity contribution is 6.00. The minimum Gasteiger partial charge on any atom is -0.478 e. The quantitative estimate of drug-likeness (QED) is 0.473. The van der Waals surface area contributed by atoms with Crippen LogP contribution in [0.25, 0.3) is 0 Å². The number of hydrogen-bond donors (Lipinski definition) is 0. The first-order valence-corrected chi connectivity index (χ1v) is 7.29. The Morgan fingerprint density at radius 2 is 1.74 bits per heavy atom. The fourth-order valence-corrected chi connectivity index (χ4v) is 2.66. The number of carbonyl (C=O) groups excluding carboxylic acids is 1. The number of ether oxygens (including phenoxy) is 1. The largest absolute Gasteiger partial charge is 0.478 e. The maximum atomic E-state index is 12.5. The standard InChI is InChI=1S/C18H19NO4/c1-11-9-12(2)18(14(4)13(11)3)16(20)10-23-17-8-6-5-7-15(17)19(21)22/h5-9H,10H2,1-4H3. The van der Waals surface area contributed by atoms with Crippen LogP contribution in [0.15, 0.2) is 30.3 Å². The Morgan fingerprint density at radius 3 is 2.39 bits per heavy atom. The van der Waals surface area contributed by atoms with E-state index in [9.17, 15) is 14.9 Å². The molecule has 0 radical (unpaired) electrons. The summed E-state index contributed by atoms with van der Waals surface area (Å²) < 4.78 is 5.40. The van der Waals surface area contributed by atoms with E-state index in [1.54, 1.807) is 12.1 Å². The molecule has 0 aliphatic heterocycles. The van der Waals surface area contributed by atoms with E-state index in [4.69, 9.17) is 4.74 Å². The summed E-state index contributed by atoms with van der Waals surface area (Å²) in [4.78, 5) is 23.0. The van der Waals surface area contributed by atoms with Crippen molar-refractivity contribution < 1.29 is 14.5 Å². The molecule has 2 aromatic rings. The first kappa shape index (κ1) is 16.7. The molecular formula is C18H19NO4. The van der Waals surface area contributed by atoms with Crippen molar-refractivity contribution in [1.82, 2.24) is 0 Å². The third-order valence-electron chi connectivity index (χ3n) is 4.06. The molecule has 0 fully saturated rings. The maximum Gasteiger partial charge on any atom is 0.310 e. The summed E-state index contributed by atoms with van der Waals surface area (Å²) >= 11 is 0. The van der Waals surface area contributed by atoms with Crippen molar-refractivity contribution in [2.75, 3.05) is 6.61 Å². The number of hydrogen-bond acceptors (Lipinski definition) is 4. The van der Waals surface area contributed by atoms with E-state index in [0.717, 1.165) is 22.3 Å². The predicted molar refractivity (Wildman–Crippen MR) is 88.3 cm³/mol. The lowest BCUT2D eigenvalue weighted by atomic mass is 9.92. The van der Waals surface area contributed by atoms with Crippen LogP contribution in [0.2, 0.25) is 0 Å². The number of benzene rings is 2. The summed E-state index contributed by atoms with van der Waals surface area (Å²) in [7, 11) is 0. The van der Waals surface area contributed by atoms with Crippen molar-refractivity contribution in [2.45, 2.75) is 27.7 Å². The van der Waals surface area contributed by atoms with E-state index in [2.05, 4.69) is 0 Å². The van der Waals surface area contributed by atoms with E-state index in [0.29, 0.717) is 5.56 Å². The highest BCUT2D eigenvalue weighted by Gasteiger charge is 2.19. The molecule has 0 N–H and O–H groups in total. The van der Waals surface area contributed by atoms with Gasteiger partial charge in [0.15, 0.2) is 12.4 Å². The molecule has 5 heteroatoms. The van der Waals surface area contributed by atoms with Gasteiger partial charge in [-0.1, -0.05) is 18.2 Å². The summed E-state index contributed by atoms with van der Waals surface area (Å²) in [5, 5.41) is 11.0. The molecule has 0 aliphatic carbocycles. The molecule has 0 aromatic heterocycles. The van der Waals surface area contributed by atoms with Crippen molar-refractivity contribution in [2.24, 2.45) is 0 Å². The molecule has 0 heterocycles. The van der Waals surface area contributed by atoms with Crippen LogP contribution in [0.3, 0.4) is 0 Å². The second-order valence-corrected chi connectivity index (χ2v) is 5.57. The number of nitro groups is 1. The zero-order chi connectivity index (χ0) is 17.1. The molecule has 0 saturated heterocycles. The Morgan fingerprint density at radius 1 is 1.09 bits per heavy atom. The zero-order valence-corrected chi connectivity index (χ0v) is 13.7. The van der Waals surface area contributed by atoms with Gasteiger partial charge in [0, 0.05) is 11.6 Å². The van der Waals surface area contributed by atoms with E-state index in [1.165, 1.54) is 12.1 Å². The Bertz CT molecular complexity index is 781. The van der Waals surface area contributed by atoms with E-state index in [-0.39, 0.29) is 23.8 Å². The Labute approximate surface area is 135 Å². The van der Waals surface area contributed by atoms with Crippen LogP contribution in [-0.4, -0.2) is 17.3 Å². The van der Waals surface area contributed by atoms with Gasteiger partial charge in [-0.25, -0.2) is 0 Å². The molecule has 0 bridgehead atoms. The maximum absolute atomic E-state index is 12.5. The lowest BCUT2D eigenvalue weighted by Crippen LogP contribution is -2.16. The third-order valence-corrected chi connectivity index (χ3v) is 4.06. The number of aryl methyl sites for hydroxylation is 2. The second kappa shape index (κ2) is 6.60. The van der Waals surface area contributed by atoms with Gasteiger partial charge in [-0.05, 0) is 56.0 Å². The van der Waals surface area contributed by atoms with Gasteiger partial charge in [0.05, 0.1) is 4.92 Å². The number of carbonyl (C=O) groups is 1. The van der Waals surface area contributed by atoms with Gasteiger partial charge in [-0.15, -0.1) is 0 Å². The lowest BCUT2D eigenvalue weighted by Gasteiger charge is -2.14. The van der Waals surface area contributed by atoms with Gasteiger partial charge in [0.1, 0.15) is 0 Å². The summed E-state index contributed by atoms with van der Waals surface area (Å²) in [6.45, 7) is 7.55. The van der Waals surface area contributed by atoms with Gasteiger partial charge in [-0.3, -0.25) is 14.9 Å². The van der Waals surface area contributed by atoms with Crippen molar-refractivity contribution in [3.63, 3.8) is 0 Å². The van der Waals surface area contributed by atoms with Gasteiger partial charge in [0.2, 0.25) is 5.78 Å². The van der Waals surface area contributed by atoms with Gasteiger partial charge < -0.3 is 4.74 Å². The highest BCUT2D eigenvalue weighted by Crippen LogP contribution is 2.27. The Balaban J connectivity index is 2.25. The number of para-hydroxylation sites is 2. The van der Waals surface area contributed by atoms with Crippen LogP contribution in [-0.2, 0) is 0 Å². The smallest absolute Gasteiger partial charge is 0.310 e. The molecular weight excluding hydrogens is 294 g/mol. The summed E-state index contributed by atoms with van der Waals surface area (Å²) in [5.41, 5.74) is 4.52. The van der Waals surface area contributed by atoms with Gasteiger partial charge in [-0.2, -0.15) is 0 Å². The predicted octanol–water partition coefficient (Wildman–Crippen LogP) is 4.09. The lowest BCUT2D eigenvalue weighted by molar-refractivity contribution is -0.385. The zero-order valence-electron chi connectivity index (χ0n) is 13.7. The van der Waals surface area contributed by atoms with Crippen LogP contribution in [0.1, 0.15) is 32.6 Å². The molecule has 2 rings (SSSR count). The van der Waals surface area contributed by atoms with Crippen LogP contribution in [0, 0.1) is 37.8 Å². The average molecular weight is 313 g/mol. The fraction of sp³-hybridized carbons (Fsp3) is 0.278. The SMILES string of the molecule is Cc1cc(C)c(C(=O)COc2ccccc2[N+](=O)[O-])c(C)c1C. The summed E-state index contributed by atoms with van der Waals surface area (Å²) in [6, 6.07) is 8.02. The molecule has 0 saturated carbocycles. The molecule has 0 unspecified atom stereocenters. The summed E-state index contributed by atoms with van der Waals surface area (Å²) in [6.07, 6.45) is 0. The normalized spacial score (nSPS) is 10.4. The molecule has 0 amide bonds. The minimum absolute atomic E-state index is 0.102. The topological polar surface area (TPSA) is 69.4 Å². The van der Waals surface area contributed by atoms with E-state index < -0.39 is 4.92 Å². The van der Waals surface area contributed by atoms with Crippen LogP contribution in [0.4, 0.5) is 5.69 Å². The number of ketones is 1. The first-order chi connectivity index (χ1) is 10.8. The van der Waals surface area contributed by atoms with Crippen LogP contribution in [0.5, 0.6) is 5.75 Å². The number of Topliss-reactive ketones (excluding diaryl/α,β-unsaturated/α-hetero) is 1. The third kappa shape index (κ3) is 3.39. The molecule has 2 aromatic carbocycles. The molecule has 0 spiro atoms. The van der Waals surface area contributed by atoms with Crippen molar-refractivity contribution in [3.05, 3.63) is 68.3 Å². The highest BCUT2D eigenvalue weighted by atomic mass is 16.6. The monoisotopic (exact) mass is 313 g/mol. The molecule has 120 valence electrons. The molecule has 23 heavy (non-hydrogen) atoms. The van der Waals surface area contributed by atoms with Gasteiger partial charge >= 0.3 is 5.69 Å². The average Bonchev–Trinajstić information content (AvgIpc) is 2.51. The minimum atomic E-state index is -0.521. The van der Waals surface area contributed by atoms with Crippen molar-refractivity contribution in [3.8, 4) is 5.75 Å². The first-order valence-electron chi connectivity index (χ1n) is 7.29. The molecule has 5 nitrogen and oxygen atoms in total. The van der Waals surface area contributed by atoms with Gasteiger partial charge in [0.25, 0.3) is 0 Å². The van der Waals surface area contributed by atoms with Crippen LogP contribution < -0.4 is 4.74 Å².